The van der Waals surface area contributed by atoms with Crippen molar-refractivity contribution < 1.29 is 14.0 Å². The molecule has 5 nitrogen and oxygen atoms in total. The first-order chi connectivity index (χ1) is 8.61. The van der Waals surface area contributed by atoms with E-state index in [0.717, 1.165) is 0 Å². The lowest BCUT2D eigenvalue weighted by Crippen LogP contribution is -2.36. The van der Waals surface area contributed by atoms with Gasteiger partial charge in [-0.1, -0.05) is 6.07 Å². The standard InChI is InChI=1S/C12H14FN3O2/c1-14-11-8(3-2-4-9(11)13)12(18)16-7-5-10(17)15-6-7/h2-4,7,14H,5-6H2,1H3,(H,15,17)(H,16,18). The number of anilines is 1. The van der Waals surface area contributed by atoms with Crippen molar-refractivity contribution in [1.29, 1.82) is 0 Å². The van der Waals surface area contributed by atoms with Gasteiger partial charge in [0, 0.05) is 20.0 Å². The third-order valence-electron chi connectivity index (χ3n) is 2.82. The van der Waals surface area contributed by atoms with Crippen molar-refractivity contribution in [2.45, 2.75) is 12.5 Å². The average molecular weight is 251 g/mol. The summed E-state index contributed by atoms with van der Waals surface area (Å²) in [5, 5.41) is 7.98. The number of carbonyl (C=O) groups excluding carboxylic acids is 2. The van der Waals surface area contributed by atoms with Crippen LogP contribution in [0.4, 0.5) is 10.1 Å². The zero-order chi connectivity index (χ0) is 13.1. The van der Waals surface area contributed by atoms with E-state index in [4.69, 9.17) is 0 Å². The Kier molecular flexibility index (Phi) is 3.45. The van der Waals surface area contributed by atoms with Crippen LogP contribution in [0, 0.1) is 5.82 Å². The monoisotopic (exact) mass is 251 g/mol. The Labute approximate surface area is 104 Å². The summed E-state index contributed by atoms with van der Waals surface area (Å²) >= 11 is 0. The highest BCUT2D eigenvalue weighted by Gasteiger charge is 2.24. The molecule has 2 rings (SSSR count). The lowest BCUT2D eigenvalue weighted by molar-refractivity contribution is -0.119. The van der Waals surface area contributed by atoms with Gasteiger partial charge in [0.2, 0.25) is 5.91 Å². The number of para-hydroxylation sites is 1. The molecule has 0 aromatic heterocycles. The number of hydrogen-bond donors (Lipinski definition) is 3. The minimum atomic E-state index is -0.481. The fourth-order valence-electron chi connectivity index (χ4n) is 1.94. The largest absolute Gasteiger partial charge is 0.385 e. The van der Waals surface area contributed by atoms with Crippen LogP contribution in [0.3, 0.4) is 0 Å². The van der Waals surface area contributed by atoms with E-state index in [0.29, 0.717) is 6.54 Å². The van der Waals surface area contributed by atoms with Crippen LogP contribution in [0.25, 0.3) is 0 Å². The highest BCUT2D eigenvalue weighted by atomic mass is 19.1. The third-order valence-corrected chi connectivity index (χ3v) is 2.82. The number of amides is 2. The lowest BCUT2D eigenvalue weighted by atomic mass is 10.1. The number of halogens is 1. The van der Waals surface area contributed by atoms with E-state index in [1.54, 1.807) is 7.05 Å². The van der Waals surface area contributed by atoms with Gasteiger partial charge in [0.05, 0.1) is 17.3 Å². The van der Waals surface area contributed by atoms with Gasteiger partial charge in [-0.05, 0) is 12.1 Å². The van der Waals surface area contributed by atoms with Crippen LogP contribution in [0.15, 0.2) is 18.2 Å². The Balaban J connectivity index is 2.14. The predicted octanol–water partition coefficient (Wildman–Crippen LogP) is 0.486. The Morgan fingerprint density at radius 1 is 1.50 bits per heavy atom. The van der Waals surface area contributed by atoms with Crippen molar-refractivity contribution in [2.24, 2.45) is 0 Å². The van der Waals surface area contributed by atoms with Crippen molar-refractivity contribution in [3.63, 3.8) is 0 Å². The van der Waals surface area contributed by atoms with Crippen LogP contribution in [0.1, 0.15) is 16.8 Å². The second-order valence-corrected chi connectivity index (χ2v) is 4.09. The molecule has 0 aliphatic carbocycles. The van der Waals surface area contributed by atoms with Gasteiger partial charge in [-0.2, -0.15) is 0 Å². The first-order valence-corrected chi connectivity index (χ1v) is 5.65. The Morgan fingerprint density at radius 3 is 2.89 bits per heavy atom. The summed E-state index contributed by atoms with van der Waals surface area (Å²) in [6.45, 7) is 0.411. The Hall–Kier alpha value is -2.11. The van der Waals surface area contributed by atoms with E-state index in [1.165, 1.54) is 18.2 Å². The van der Waals surface area contributed by atoms with Crippen LogP contribution in [0.2, 0.25) is 0 Å². The summed E-state index contributed by atoms with van der Waals surface area (Å²) in [5.74, 6) is -0.959. The zero-order valence-corrected chi connectivity index (χ0v) is 9.92. The number of benzene rings is 1. The molecule has 18 heavy (non-hydrogen) atoms. The van der Waals surface area contributed by atoms with E-state index in [9.17, 15) is 14.0 Å². The molecule has 0 radical (unpaired) electrons. The summed E-state index contributed by atoms with van der Waals surface area (Å²) in [6, 6.07) is 4.05. The summed E-state index contributed by atoms with van der Waals surface area (Å²) in [5.41, 5.74) is 0.393. The summed E-state index contributed by atoms with van der Waals surface area (Å²) in [7, 11) is 1.55. The number of hydrogen-bond acceptors (Lipinski definition) is 3. The SMILES string of the molecule is CNc1c(F)cccc1C(=O)NC1CNC(=O)C1. The first kappa shape index (κ1) is 12.3. The van der Waals surface area contributed by atoms with Gasteiger partial charge < -0.3 is 16.0 Å². The summed E-state index contributed by atoms with van der Waals surface area (Å²) in [6.07, 6.45) is 0.260. The van der Waals surface area contributed by atoms with Crippen molar-refractivity contribution in [2.75, 3.05) is 18.9 Å². The van der Waals surface area contributed by atoms with Crippen LogP contribution < -0.4 is 16.0 Å². The molecule has 96 valence electrons. The Bertz CT molecular complexity index is 490. The van der Waals surface area contributed by atoms with Gasteiger partial charge >= 0.3 is 0 Å². The van der Waals surface area contributed by atoms with Crippen LogP contribution >= 0.6 is 0 Å². The molecule has 1 atom stereocenters. The summed E-state index contributed by atoms with van der Waals surface area (Å²) in [4.78, 5) is 23.0. The topological polar surface area (TPSA) is 70.2 Å². The maximum absolute atomic E-state index is 13.5. The molecular formula is C12H14FN3O2. The fourth-order valence-corrected chi connectivity index (χ4v) is 1.94. The molecule has 1 unspecified atom stereocenters. The van der Waals surface area contributed by atoms with E-state index in [-0.39, 0.29) is 35.5 Å². The molecule has 2 amide bonds. The molecule has 1 aromatic carbocycles. The minimum absolute atomic E-state index is 0.0895. The maximum Gasteiger partial charge on any atom is 0.253 e. The van der Waals surface area contributed by atoms with Crippen LogP contribution in [0.5, 0.6) is 0 Å². The molecule has 1 aliphatic rings. The van der Waals surface area contributed by atoms with Gasteiger partial charge in [0.25, 0.3) is 5.91 Å². The molecule has 1 aliphatic heterocycles. The second-order valence-electron chi connectivity index (χ2n) is 4.09. The molecule has 1 heterocycles. The van der Waals surface area contributed by atoms with Crippen LogP contribution in [-0.2, 0) is 4.79 Å². The number of nitrogens with one attached hydrogen (secondary N) is 3. The third kappa shape index (κ3) is 2.42. The highest BCUT2D eigenvalue weighted by molar-refractivity contribution is 6.00. The molecule has 0 spiro atoms. The molecular weight excluding hydrogens is 237 g/mol. The predicted molar refractivity (Wildman–Crippen MR) is 64.8 cm³/mol. The van der Waals surface area contributed by atoms with E-state index < -0.39 is 5.82 Å². The smallest absolute Gasteiger partial charge is 0.253 e. The molecule has 6 heteroatoms. The molecule has 1 saturated heterocycles. The molecule has 0 bridgehead atoms. The highest BCUT2D eigenvalue weighted by Crippen LogP contribution is 2.19. The quantitative estimate of drug-likeness (QED) is 0.732. The Morgan fingerprint density at radius 2 is 2.28 bits per heavy atom. The molecule has 3 N–H and O–H groups in total. The van der Waals surface area contributed by atoms with Crippen LogP contribution in [-0.4, -0.2) is 31.4 Å². The lowest BCUT2D eigenvalue weighted by Gasteiger charge is -2.13. The zero-order valence-electron chi connectivity index (χ0n) is 9.92. The number of carbonyl (C=O) groups is 2. The van der Waals surface area contributed by atoms with Gasteiger partial charge in [0.1, 0.15) is 5.82 Å². The fraction of sp³-hybridized carbons (Fsp3) is 0.333. The molecule has 1 aromatic rings. The summed E-state index contributed by atoms with van der Waals surface area (Å²) < 4.78 is 13.5. The van der Waals surface area contributed by atoms with Gasteiger partial charge in [-0.3, -0.25) is 9.59 Å². The second kappa shape index (κ2) is 5.03. The molecule has 1 fully saturated rings. The average Bonchev–Trinajstić information content (AvgIpc) is 2.74. The van der Waals surface area contributed by atoms with Crippen molar-refractivity contribution in [1.82, 2.24) is 10.6 Å². The van der Waals surface area contributed by atoms with E-state index in [1.807, 2.05) is 0 Å². The minimum Gasteiger partial charge on any atom is -0.385 e. The normalized spacial score (nSPS) is 18.3. The first-order valence-electron chi connectivity index (χ1n) is 5.65. The molecule has 0 saturated carbocycles. The van der Waals surface area contributed by atoms with Gasteiger partial charge in [-0.15, -0.1) is 0 Å². The van der Waals surface area contributed by atoms with E-state index in [2.05, 4.69) is 16.0 Å². The number of rotatable bonds is 3. The van der Waals surface area contributed by atoms with Crippen molar-refractivity contribution in [3.8, 4) is 0 Å². The van der Waals surface area contributed by atoms with E-state index >= 15 is 0 Å². The maximum atomic E-state index is 13.5. The van der Waals surface area contributed by atoms with Gasteiger partial charge in [0.15, 0.2) is 0 Å². The van der Waals surface area contributed by atoms with Crippen molar-refractivity contribution in [3.05, 3.63) is 29.6 Å². The van der Waals surface area contributed by atoms with Gasteiger partial charge in [-0.25, -0.2) is 4.39 Å². The van der Waals surface area contributed by atoms with Crippen molar-refractivity contribution >= 4 is 17.5 Å².